The lowest BCUT2D eigenvalue weighted by molar-refractivity contribution is -0.390. The molecule has 0 amide bonds. The third kappa shape index (κ3) is 2.80. The molecule has 0 atom stereocenters. The molecule has 2 heterocycles. The van der Waals surface area contributed by atoms with E-state index in [1.807, 2.05) is 24.3 Å². The molecule has 6 nitrogen and oxygen atoms in total. The van der Waals surface area contributed by atoms with Crippen molar-refractivity contribution in [1.29, 1.82) is 0 Å². The molecule has 0 spiro atoms. The van der Waals surface area contributed by atoms with Crippen molar-refractivity contribution in [2.75, 3.05) is 0 Å². The zero-order chi connectivity index (χ0) is 18.3. The van der Waals surface area contributed by atoms with Gasteiger partial charge in [-0.25, -0.2) is 4.39 Å². The van der Waals surface area contributed by atoms with Crippen LogP contribution >= 0.6 is 11.3 Å². The maximum Gasteiger partial charge on any atom is 0.427 e. The number of aryl methyl sites for hydroxylation is 1. The highest BCUT2D eigenvalue weighted by Crippen LogP contribution is 2.36. The van der Waals surface area contributed by atoms with E-state index < -0.39 is 4.92 Å². The van der Waals surface area contributed by atoms with Gasteiger partial charge in [0.25, 0.3) is 0 Å². The summed E-state index contributed by atoms with van der Waals surface area (Å²) in [6.45, 7) is 0. The molecule has 2 aromatic heterocycles. The van der Waals surface area contributed by atoms with Crippen molar-refractivity contribution < 1.29 is 14.1 Å². The highest BCUT2D eigenvalue weighted by Gasteiger charge is 2.22. The van der Waals surface area contributed by atoms with Crippen LogP contribution in [0.4, 0.5) is 10.2 Å². The van der Waals surface area contributed by atoms with E-state index >= 15 is 0 Å². The minimum Gasteiger partial charge on any atom is -0.434 e. The summed E-state index contributed by atoms with van der Waals surface area (Å²) in [5.74, 6) is -0.0572. The standard InChI is InChI=1S/C18H12FN3O3S/c1-21-10-20-17(22(23)24)18(21)25-13-7-5-11(6-8-13)15-9-12-3-2-4-14(19)16(12)26-15/h2-10H,1H3. The van der Waals surface area contributed by atoms with E-state index in [4.69, 9.17) is 4.74 Å². The number of halogens is 1. The van der Waals surface area contributed by atoms with Gasteiger partial charge in [-0.2, -0.15) is 0 Å². The topological polar surface area (TPSA) is 70.2 Å². The third-order valence-corrected chi connectivity index (χ3v) is 5.10. The monoisotopic (exact) mass is 369 g/mol. The summed E-state index contributed by atoms with van der Waals surface area (Å²) in [6.07, 6.45) is 1.33. The second-order valence-corrected chi connectivity index (χ2v) is 6.69. The first-order valence-corrected chi connectivity index (χ1v) is 8.46. The Hall–Kier alpha value is -3.26. The maximum atomic E-state index is 13.9. The number of benzene rings is 2. The summed E-state index contributed by atoms with van der Waals surface area (Å²) in [5, 5.41) is 11.9. The Morgan fingerprint density at radius 1 is 1.23 bits per heavy atom. The zero-order valence-electron chi connectivity index (χ0n) is 13.5. The first kappa shape index (κ1) is 16.2. The fourth-order valence-corrected chi connectivity index (χ4v) is 3.69. The van der Waals surface area contributed by atoms with Crippen molar-refractivity contribution in [3.63, 3.8) is 0 Å². The second kappa shape index (κ2) is 6.23. The van der Waals surface area contributed by atoms with E-state index in [1.54, 1.807) is 25.2 Å². The van der Waals surface area contributed by atoms with Crippen LogP contribution in [-0.2, 0) is 7.05 Å². The largest absolute Gasteiger partial charge is 0.434 e. The maximum absolute atomic E-state index is 13.9. The number of hydrogen-bond donors (Lipinski definition) is 0. The number of fused-ring (bicyclic) bond motifs is 1. The Bertz CT molecular complexity index is 1120. The molecule has 4 aromatic rings. The molecule has 26 heavy (non-hydrogen) atoms. The Morgan fingerprint density at radius 2 is 2.00 bits per heavy atom. The molecule has 0 unspecified atom stereocenters. The number of thiophene rings is 1. The fraction of sp³-hybridized carbons (Fsp3) is 0.0556. The van der Waals surface area contributed by atoms with Gasteiger partial charge in [0.2, 0.25) is 6.33 Å². The van der Waals surface area contributed by atoms with Gasteiger partial charge in [-0.05, 0) is 57.3 Å². The quantitative estimate of drug-likeness (QED) is 0.369. The van der Waals surface area contributed by atoms with Crippen LogP contribution in [0.3, 0.4) is 0 Å². The van der Waals surface area contributed by atoms with Crippen molar-refractivity contribution >= 4 is 27.2 Å². The zero-order valence-corrected chi connectivity index (χ0v) is 14.4. The Morgan fingerprint density at radius 3 is 2.69 bits per heavy atom. The van der Waals surface area contributed by atoms with Gasteiger partial charge in [-0.15, -0.1) is 11.3 Å². The SMILES string of the molecule is Cn1cnc([N+](=O)[O-])c1Oc1ccc(-c2cc3cccc(F)c3s2)cc1. The molecule has 0 N–H and O–H groups in total. The van der Waals surface area contributed by atoms with Crippen LogP contribution in [0.25, 0.3) is 20.5 Å². The van der Waals surface area contributed by atoms with E-state index in [1.165, 1.54) is 28.3 Å². The lowest BCUT2D eigenvalue weighted by Crippen LogP contribution is -1.96. The molecular formula is C18H12FN3O3S. The molecule has 2 aromatic carbocycles. The van der Waals surface area contributed by atoms with Crippen LogP contribution in [0.15, 0.2) is 54.9 Å². The van der Waals surface area contributed by atoms with Gasteiger partial charge in [-0.3, -0.25) is 4.57 Å². The van der Waals surface area contributed by atoms with E-state index in [9.17, 15) is 14.5 Å². The number of nitro groups is 1. The molecule has 0 saturated heterocycles. The number of nitrogens with zero attached hydrogens (tertiary/aromatic N) is 3. The molecule has 0 saturated carbocycles. The van der Waals surface area contributed by atoms with Crippen LogP contribution in [0.1, 0.15) is 0 Å². The summed E-state index contributed by atoms with van der Waals surface area (Å²) in [5.41, 5.74) is 0.914. The lowest BCUT2D eigenvalue weighted by Gasteiger charge is -2.06. The molecule has 130 valence electrons. The molecule has 4 rings (SSSR count). The van der Waals surface area contributed by atoms with E-state index in [0.29, 0.717) is 10.4 Å². The number of rotatable bonds is 4. The number of imidazole rings is 1. The Kier molecular flexibility index (Phi) is 3.89. The normalized spacial score (nSPS) is 11.0. The highest BCUT2D eigenvalue weighted by molar-refractivity contribution is 7.22. The predicted octanol–water partition coefficient (Wildman–Crippen LogP) is 5.14. The van der Waals surface area contributed by atoms with Crippen molar-refractivity contribution in [1.82, 2.24) is 9.55 Å². The van der Waals surface area contributed by atoms with Crippen molar-refractivity contribution in [3.05, 3.63) is 70.8 Å². The second-order valence-electron chi connectivity index (χ2n) is 5.64. The molecule has 0 bridgehead atoms. The van der Waals surface area contributed by atoms with E-state index in [2.05, 4.69) is 4.98 Å². The number of ether oxygens (including phenoxy) is 1. The van der Waals surface area contributed by atoms with Crippen LogP contribution in [0.5, 0.6) is 11.6 Å². The summed E-state index contributed by atoms with van der Waals surface area (Å²) in [6, 6.07) is 14.0. The van der Waals surface area contributed by atoms with Crippen LogP contribution in [-0.4, -0.2) is 14.5 Å². The molecule has 0 aliphatic heterocycles. The van der Waals surface area contributed by atoms with Gasteiger partial charge < -0.3 is 14.9 Å². The van der Waals surface area contributed by atoms with E-state index in [0.717, 1.165) is 15.8 Å². The van der Waals surface area contributed by atoms with Gasteiger partial charge in [0.1, 0.15) is 11.6 Å². The van der Waals surface area contributed by atoms with Gasteiger partial charge in [0, 0.05) is 11.9 Å². The molecule has 0 radical (unpaired) electrons. The van der Waals surface area contributed by atoms with E-state index in [-0.39, 0.29) is 17.5 Å². The minimum atomic E-state index is -0.588. The van der Waals surface area contributed by atoms with Gasteiger partial charge in [-0.1, -0.05) is 12.1 Å². The molecule has 8 heteroatoms. The lowest BCUT2D eigenvalue weighted by atomic mass is 10.1. The average Bonchev–Trinajstić information content (AvgIpc) is 3.21. The molecule has 0 aliphatic carbocycles. The van der Waals surface area contributed by atoms with Gasteiger partial charge in [0.05, 0.1) is 4.70 Å². The van der Waals surface area contributed by atoms with Crippen LogP contribution in [0, 0.1) is 15.9 Å². The Labute approximate surface area is 151 Å². The predicted molar refractivity (Wildman–Crippen MR) is 97.2 cm³/mol. The first-order valence-electron chi connectivity index (χ1n) is 7.65. The first-order chi connectivity index (χ1) is 12.5. The van der Waals surface area contributed by atoms with Gasteiger partial charge in [0.15, 0.2) is 0 Å². The third-order valence-electron chi connectivity index (χ3n) is 3.89. The van der Waals surface area contributed by atoms with Crippen molar-refractivity contribution in [2.45, 2.75) is 0 Å². The number of hydrogen-bond acceptors (Lipinski definition) is 5. The summed E-state index contributed by atoms with van der Waals surface area (Å²) < 4.78 is 21.5. The smallest absolute Gasteiger partial charge is 0.427 e. The van der Waals surface area contributed by atoms with Crippen LogP contribution < -0.4 is 4.74 Å². The minimum absolute atomic E-state index is 0.0617. The van der Waals surface area contributed by atoms with Crippen molar-refractivity contribution in [3.8, 4) is 22.1 Å². The summed E-state index contributed by atoms with van der Waals surface area (Å²) in [7, 11) is 1.62. The summed E-state index contributed by atoms with van der Waals surface area (Å²) >= 11 is 1.38. The summed E-state index contributed by atoms with van der Waals surface area (Å²) in [4.78, 5) is 15.1. The average molecular weight is 369 g/mol. The Balaban J connectivity index is 1.63. The number of aromatic nitrogens is 2. The molecule has 0 fully saturated rings. The van der Waals surface area contributed by atoms with Crippen LogP contribution in [0.2, 0.25) is 0 Å². The molecule has 0 aliphatic rings. The molecular weight excluding hydrogens is 357 g/mol. The fourth-order valence-electron chi connectivity index (χ4n) is 2.62. The van der Waals surface area contributed by atoms with Crippen molar-refractivity contribution in [2.24, 2.45) is 7.05 Å². The van der Waals surface area contributed by atoms with Gasteiger partial charge >= 0.3 is 11.7 Å². The highest BCUT2D eigenvalue weighted by atomic mass is 32.1.